The van der Waals surface area contributed by atoms with Gasteiger partial charge in [-0.05, 0) is 104 Å². The molecule has 12 rings (SSSR count). The van der Waals surface area contributed by atoms with Crippen molar-refractivity contribution in [3.05, 3.63) is 84.9 Å². The minimum absolute atomic E-state index is 0.532. The smallest absolute Gasteiger partial charge is 0.198 e. The maximum Gasteiger partial charge on any atom is 0.198 e. The molecule has 0 aromatic heterocycles. The number of anilines is 1. The SMILES string of the molecule is c1ccc(-c2ccccc2B2C3CC4C5CCCCC5N(c5ccccc5)C4CC3N3C4=NC5CCCCC5N4C4CCCC5CCC2C3C54)cc1. The standard InChI is InChI=1S/C47H57BN4/c1-3-14-30(15-4-1)33-19-7-9-21-36(33)48-37-27-26-31-16-13-25-42-45(31)46(37)52(47-49-39-22-10-12-24-41(39)51(42)47)44-29-43-35(28-38(44)48)34-20-8-11-23-40(34)50(43)32-17-5-2-6-18-32/h1-7,9,14-15,17-19,21,31,34-35,37-46H,8,10-13,16,20,22-29H2. The quantitative estimate of drug-likeness (QED) is 0.256. The predicted molar refractivity (Wildman–Crippen MR) is 215 cm³/mol. The molecule has 3 aromatic carbocycles. The number of para-hydroxylation sites is 1. The Balaban J connectivity index is 1.05. The van der Waals surface area contributed by atoms with E-state index in [2.05, 4.69) is 99.6 Å². The van der Waals surface area contributed by atoms with Crippen LogP contribution in [0.5, 0.6) is 0 Å². The van der Waals surface area contributed by atoms with Gasteiger partial charge in [-0.15, -0.1) is 0 Å². The van der Waals surface area contributed by atoms with Crippen LogP contribution in [0.25, 0.3) is 11.1 Å². The van der Waals surface area contributed by atoms with Gasteiger partial charge in [0.2, 0.25) is 0 Å². The number of fused-ring (bicyclic) bond motifs is 10. The minimum atomic E-state index is 0.532. The third-order valence-electron chi connectivity index (χ3n) is 17.0. The largest absolute Gasteiger partial charge is 0.365 e. The molecule has 0 N–H and O–H groups in total. The third kappa shape index (κ3) is 4.43. The zero-order valence-electron chi connectivity index (χ0n) is 31.1. The summed E-state index contributed by atoms with van der Waals surface area (Å²) in [6.45, 7) is 0.621. The van der Waals surface area contributed by atoms with E-state index >= 15 is 0 Å². The van der Waals surface area contributed by atoms with Crippen molar-refractivity contribution in [1.29, 1.82) is 0 Å². The molecule has 4 nitrogen and oxygen atoms in total. The fourth-order valence-corrected chi connectivity index (χ4v) is 15.5. The minimum Gasteiger partial charge on any atom is -0.365 e. The summed E-state index contributed by atoms with van der Waals surface area (Å²) in [6.07, 6.45) is 20.9. The molecule has 8 fully saturated rings. The predicted octanol–water partition coefficient (Wildman–Crippen LogP) is 9.28. The lowest BCUT2D eigenvalue weighted by Gasteiger charge is -2.68. The maximum atomic E-state index is 5.93. The van der Waals surface area contributed by atoms with E-state index in [1.54, 1.807) is 5.46 Å². The number of hydrogen-bond acceptors (Lipinski definition) is 4. The summed E-state index contributed by atoms with van der Waals surface area (Å²) in [5, 5.41) is 0. The van der Waals surface area contributed by atoms with Gasteiger partial charge in [0.1, 0.15) is 0 Å². The summed E-state index contributed by atoms with van der Waals surface area (Å²) in [7, 11) is 0. The van der Waals surface area contributed by atoms with E-state index in [1.165, 1.54) is 119 Å². The molecule has 9 aliphatic rings. The lowest BCUT2D eigenvalue weighted by Crippen LogP contribution is -2.77. The van der Waals surface area contributed by atoms with Crippen molar-refractivity contribution in [3.8, 4) is 11.1 Å². The zero-order chi connectivity index (χ0) is 33.9. The zero-order valence-corrected chi connectivity index (χ0v) is 31.1. The molecule has 4 heterocycles. The highest BCUT2D eigenvalue weighted by Crippen LogP contribution is 2.63. The molecule has 268 valence electrons. The summed E-state index contributed by atoms with van der Waals surface area (Å²) in [5.74, 6) is 6.21. The van der Waals surface area contributed by atoms with Gasteiger partial charge in [0, 0.05) is 41.8 Å². The lowest BCUT2D eigenvalue weighted by molar-refractivity contribution is -0.0580. The molecule has 0 amide bonds. The van der Waals surface area contributed by atoms with E-state index in [1.807, 2.05) is 0 Å². The van der Waals surface area contributed by atoms with E-state index in [0.29, 0.717) is 60.6 Å². The van der Waals surface area contributed by atoms with Gasteiger partial charge in [-0.25, -0.2) is 4.99 Å². The van der Waals surface area contributed by atoms with Gasteiger partial charge in [0.15, 0.2) is 12.7 Å². The van der Waals surface area contributed by atoms with Crippen molar-refractivity contribution in [2.45, 2.75) is 150 Å². The Labute approximate surface area is 312 Å². The summed E-state index contributed by atoms with van der Waals surface area (Å²) in [5.41, 5.74) is 6.11. The van der Waals surface area contributed by atoms with Gasteiger partial charge in [-0.2, -0.15) is 0 Å². The lowest BCUT2D eigenvalue weighted by atomic mass is 9.22. The number of nitrogens with zero attached hydrogens (tertiary/aromatic N) is 4. The Morgan fingerprint density at radius 2 is 1.27 bits per heavy atom. The van der Waals surface area contributed by atoms with Crippen molar-refractivity contribution >= 4 is 23.8 Å². The second-order valence-corrected chi connectivity index (χ2v) is 18.9. The molecule has 13 atom stereocenters. The number of hydrogen-bond donors (Lipinski definition) is 0. The first-order valence-corrected chi connectivity index (χ1v) is 22.0. The summed E-state index contributed by atoms with van der Waals surface area (Å²) in [6, 6.07) is 37.4. The second-order valence-electron chi connectivity index (χ2n) is 18.9. The van der Waals surface area contributed by atoms with Crippen molar-refractivity contribution in [3.63, 3.8) is 0 Å². The molecular formula is C47H57BN4. The van der Waals surface area contributed by atoms with E-state index in [0.717, 1.165) is 23.7 Å². The molecule has 0 spiro atoms. The second kappa shape index (κ2) is 12.2. The summed E-state index contributed by atoms with van der Waals surface area (Å²) in [4.78, 5) is 15.2. The Morgan fingerprint density at radius 3 is 2.15 bits per heavy atom. The molecule has 5 aliphatic carbocycles. The molecule has 13 unspecified atom stereocenters. The highest BCUT2D eigenvalue weighted by molar-refractivity contribution is 6.78. The summed E-state index contributed by atoms with van der Waals surface area (Å²) < 4.78 is 0. The number of guanidine groups is 1. The van der Waals surface area contributed by atoms with Crippen molar-refractivity contribution in [1.82, 2.24) is 9.80 Å². The molecule has 3 saturated heterocycles. The topological polar surface area (TPSA) is 22.1 Å². The van der Waals surface area contributed by atoms with Crippen LogP contribution in [0.1, 0.15) is 96.3 Å². The van der Waals surface area contributed by atoms with Crippen LogP contribution in [0.3, 0.4) is 0 Å². The van der Waals surface area contributed by atoms with Gasteiger partial charge >= 0.3 is 0 Å². The first kappa shape index (κ1) is 31.2. The fourth-order valence-electron chi connectivity index (χ4n) is 15.5. The Morgan fingerprint density at radius 1 is 0.519 bits per heavy atom. The normalized spacial score (nSPS) is 41.2. The highest BCUT2D eigenvalue weighted by Gasteiger charge is 2.67. The van der Waals surface area contributed by atoms with Crippen LogP contribution in [0.15, 0.2) is 89.9 Å². The van der Waals surface area contributed by atoms with Crippen LogP contribution in [0.2, 0.25) is 11.6 Å². The van der Waals surface area contributed by atoms with E-state index in [-0.39, 0.29) is 0 Å². The third-order valence-corrected chi connectivity index (χ3v) is 17.0. The molecule has 0 bridgehead atoms. The number of rotatable bonds is 3. The molecule has 52 heavy (non-hydrogen) atoms. The molecule has 4 aliphatic heterocycles. The Hall–Kier alpha value is -3.21. The maximum absolute atomic E-state index is 5.93. The number of benzene rings is 3. The van der Waals surface area contributed by atoms with Gasteiger partial charge in [-0.1, -0.05) is 123 Å². The van der Waals surface area contributed by atoms with Crippen molar-refractivity contribution < 1.29 is 0 Å². The van der Waals surface area contributed by atoms with Crippen LogP contribution >= 0.6 is 0 Å². The number of aliphatic imine (C=N–C) groups is 1. The van der Waals surface area contributed by atoms with Gasteiger partial charge in [0.25, 0.3) is 0 Å². The fraction of sp³-hybridized carbons (Fsp3) is 0.596. The van der Waals surface area contributed by atoms with Gasteiger partial charge < -0.3 is 14.7 Å². The van der Waals surface area contributed by atoms with Crippen molar-refractivity contribution in [2.24, 2.45) is 28.7 Å². The van der Waals surface area contributed by atoms with Crippen molar-refractivity contribution in [2.75, 3.05) is 4.90 Å². The molecule has 5 heteroatoms. The van der Waals surface area contributed by atoms with E-state index in [4.69, 9.17) is 4.99 Å². The van der Waals surface area contributed by atoms with Crippen LogP contribution < -0.4 is 10.4 Å². The van der Waals surface area contributed by atoms with Crippen LogP contribution in [0, 0.1) is 23.7 Å². The van der Waals surface area contributed by atoms with Crippen LogP contribution in [-0.4, -0.2) is 64.8 Å². The van der Waals surface area contributed by atoms with Crippen LogP contribution in [-0.2, 0) is 0 Å². The first-order chi connectivity index (χ1) is 25.8. The highest BCUT2D eigenvalue weighted by atomic mass is 15.5. The average Bonchev–Trinajstić information content (AvgIpc) is 3.76. The van der Waals surface area contributed by atoms with E-state index in [9.17, 15) is 0 Å². The Bertz CT molecular complexity index is 1830. The monoisotopic (exact) mass is 688 g/mol. The van der Waals surface area contributed by atoms with Gasteiger partial charge in [0.05, 0.1) is 12.1 Å². The summed E-state index contributed by atoms with van der Waals surface area (Å²) >= 11 is 0. The first-order valence-electron chi connectivity index (χ1n) is 22.0. The average molecular weight is 689 g/mol. The Kier molecular flexibility index (Phi) is 7.29. The van der Waals surface area contributed by atoms with Gasteiger partial charge in [-0.3, -0.25) is 0 Å². The molecule has 0 radical (unpaired) electrons. The molecule has 5 saturated carbocycles. The van der Waals surface area contributed by atoms with E-state index < -0.39 is 0 Å². The molecule has 3 aromatic rings. The molecular weight excluding hydrogens is 631 g/mol. The van der Waals surface area contributed by atoms with Crippen LogP contribution in [0.4, 0.5) is 5.69 Å².